The van der Waals surface area contributed by atoms with Crippen molar-refractivity contribution in [2.24, 2.45) is 0 Å². The minimum Gasteiger partial charge on any atom is -0.497 e. The van der Waals surface area contributed by atoms with Crippen LogP contribution in [0.4, 0.5) is 17.2 Å². The number of carbonyl (C=O) groups is 1. The first kappa shape index (κ1) is 20.0. The summed E-state index contributed by atoms with van der Waals surface area (Å²) in [6.45, 7) is 1.91. The number of benzene rings is 2. The van der Waals surface area contributed by atoms with Crippen molar-refractivity contribution in [2.45, 2.75) is 6.92 Å². The van der Waals surface area contributed by atoms with Crippen molar-refractivity contribution >= 4 is 23.1 Å². The number of anilines is 3. The molecule has 150 valence electrons. The Morgan fingerprint density at radius 3 is 2.38 bits per heavy atom. The summed E-state index contributed by atoms with van der Waals surface area (Å²) in [5.41, 5.74) is 2.43. The highest BCUT2D eigenvalue weighted by atomic mass is 16.5. The number of pyridine rings is 1. The van der Waals surface area contributed by atoms with E-state index in [0.29, 0.717) is 28.8 Å². The van der Waals surface area contributed by atoms with Crippen LogP contribution in [0.25, 0.3) is 0 Å². The van der Waals surface area contributed by atoms with Crippen molar-refractivity contribution in [3.05, 3.63) is 66.4 Å². The van der Waals surface area contributed by atoms with Gasteiger partial charge in [-0.15, -0.1) is 0 Å². The summed E-state index contributed by atoms with van der Waals surface area (Å²) in [6, 6.07) is 16.5. The van der Waals surface area contributed by atoms with Crippen LogP contribution in [0.3, 0.4) is 0 Å². The van der Waals surface area contributed by atoms with Crippen LogP contribution in [0.1, 0.15) is 5.56 Å². The van der Waals surface area contributed by atoms with Crippen molar-refractivity contribution in [3.8, 4) is 17.2 Å². The lowest BCUT2D eigenvalue weighted by Gasteiger charge is -2.12. The zero-order valence-electron chi connectivity index (χ0n) is 16.6. The molecule has 7 nitrogen and oxygen atoms in total. The third-order valence-corrected chi connectivity index (χ3v) is 4.11. The Hall–Kier alpha value is -3.74. The van der Waals surface area contributed by atoms with Crippen molar-refractivity contribution in [3.63, 3.8) is 0 Å². The lowest BCUT2D eigenvalue weighted by atomic mass is 10.2. The molecule has 0 unspecified atom stereocenters. The number of aryl methyl sites for hydroxylation is 1. The summed E-state index contributed by atoms with van der Waals surface area (Å²) in [4.78, 5) is 16.4. The molecule has 2 aromatic carbocycles. The summed E-state index contributed by atoms with van der Waals surface area (Å²) < 4.78 is 16.1. The van der Waals surface area contributed by atoms with Crippen LogP contribution in [-0.4, -0.2) is 31.7 Å². The molecule has 0 fully saturated rings. The van der Waals surface area contributed by atoms with E-state index in [1.54, 1.807) is 32.5 Å². The highest BCUT2D eigenvalue weighted by Gasteiger charge is 2.08. The minimum absolute atomic E-state index is 0.0793. The maximum atomic E-state index is 12.1. The maximum Gasteiger partial charge on any atom is 0.262 e. The molecule has 3 rings (SSSR count). The molecular formula is C22H23N3O4. The number of hydrogen-bond donors (Lipinski definition) is 2. The third-order valence-electron chi connectivity index (χ3n) is 4.11. The normalized spacial score (nSPS) is 10.2. The fourth-order valence-electron chi connectivity index (χ4n) is 2.57. The summed E-state index contributed by atoms with van der Waals surface area (Å²) >= 11 is 0. The van der Waals surface area contributed by atoms with Gasteiger partial charge in [-0.3, -0.25) is 4.79 Å². The lowest BCUT2D eigenvalue weighted by molar-refractivity contribution is -0.118. The molecule has 29 heavy (non-hydrogen) atoms. The van der Waals surface area contributed by atoms with E-state index in [4.69, 9.17) is 14.2 Å². The standard InChI is InChI=1S/C22H23N3O4/c1-15-4-7-17(8-5-15)29-14-22(26)24-16-6-11-21(23-13-16)25-19-12-18(27-2)9-10-20(19)28-3/h4-13H,14H2,1-3H3,(H,23,25)(H,24,26). The number of carbonyl (C=O) groups excluding carboxylic acids is 1. The molecule has 0 saturated heterocycles. The summed E-state index contributed by atoms with van der Waals surface area (Å²) in [6.07, 6.45) is 1.57. The Kier molecular flexibility index (Phi) is 6.52. The number of methoxy groups -OCH3 is 2. The molecule has 0 aliphatic carbocycles. The van der Waals surface area contributed by atoms with Gasteiger partial charge in [0.2, 0.25) is 0 Å². The van der Waals surface area contributed by atoms with Gasteiger partial charge in [0.05, 0.1) is 31.8 Å². The second kappa shape index (κ2) is 9.45. The Morgan fingerprint density at radius 2 is 1.72 bits per heavy atom. The fraction of sp³-hybridized carbons (Fsp3) is 0.182. The summed E-state index contributed by atoms with van der Waals surface area (Å²) in [5.74, 6) is 2.35. The Labute approximate surface area is 169 Å². The van der Waals surface area contributed by atoms with E-state index >= 15 is 0 Å². The number of hydrogen-bond acceptors (Lipinski definition) is 6. The molecule has 1 aromatic heterocycles. The number of nitrogens with zero attached hydrogens (tertiary/aromatic N) is 1. The molecule has 0 spiro atoms. The van der Waals surface area contributed by atoms with Gasteiger partial charge in [-0.2, -0.15) is 0 Å². The zero-order chi connectivity index (χ0) is 20.6. The van der Waals surface area contributed by atoms with Crippen LogP contribution in [0, 0.1) is 6.92 Å². The summed E-state index contributed by atoms with van der Waals surface area (Å²) in [7, 11) is 3.20. The Bertz CT molecular complexity index is 957. The lowest BCUT2D eigenvalue weighted by Crippen LogP contribution is -2.20. The minimum atomic E-state index is -0.262. The molecule has 0 aliphatic heterocycles. The number of nitrogens with one attached hydrogen (secondary N) is 2. The molecule has 0 saturated carbocycles. The Morgan fingerprint density at radius 1 is 0.966 bits per heavy atom. The van der Waals surface area contributed by atoms with Gasteiger partial charge in [-0.1, -0.05) is 17.7 Å². The molecule has 3 aromatic rings. The third kappa shape index (κ3) is 5.62. The maximum absolute atomic E-state index is 12.1. The molecule has 1 heterocycles. The van der Waals surface area contributed by atoms with Crippen molar-refractivity contribution in [1.29, 1.82) is 0 Å². The van der Waals surface area contributed by atoms with Gasteiger partial charge in [0.15, 0.2) is 6.61 Å². The molecule has 2 N–H and O–H groups in total. The smallest absolute Gasteiger partial charge is 0.262 e. The highest BCUT2D eigenvalue weighted by molar-refractivity contribution is 5.91. The van der Waals surface area contributed by atoms with E-state index in [0.717, 1.165) is 11.3 Å². The molecule has 0 radical (unpaired) electrons. The van der Waals surface area contributed by atoms with E-state index in [1.165, 1.54) is 0 Å². The van der Waals surface area contributed by atoms with Crippen LogP contribution in [0.2, 0.25) is 0 Å². The van der Waals surface area contributed by atoms with E-state index in [-0.39, 0.29) is 12.5 Å². The monoisotopic (exact) mass is 393 g/mol. The molecule has 1 amide bonds. The van der Waals surface area contributed by atoms with Gasteiger partial charge in [0.1, 0.15) is 23.1 Å². The van der Waals surface area contributed by atoms with Crippen LogP contribution < -0.4 is 24.8 Å². The first-order valence-corrected chi connectivity index (χ1v) is 9.02. The van der Waals surface area contributed by atoms with Gasteiger partial charge in [-0.25, -0.2) is 4.98 Å². The van der Waals surface area contributed by atoms with Gasteiger partial charge < -0.3 is 24.8 Å². The van der Waals surface area contributed by atoms with E-state index in [9.17, 15) is 4.79 Å². The van der Waals surface area contributed by atoms with Crippen molar-refractivity contribution in [1.82, 2.24) is 4.98 Å². The average molecular weight is 393 g/mol. The highest BCUT2D eigenvalue weighted by Crippen LogP contribution is 2.31. The largest absolute Gasteiger partial charge is 0.497 e. The summed E-state index contributed by atoms with van der Waals surface area (Å²) in [5, 5.41) is 5.93. The second-order valence-corrected chi connectivity index (χ2v) is 6.27. The zero-order valence-corrected chi connectivity index (χ0v) is 16.6. The topological polar surface area (TPSA) is 81.7 Å². The molecule has 0 bridgehead atoms. The Balaban J connectivity index is 1.57. The van der Waals surface area contributed by atoms with Crippen LogP contribution in [0.5, 0.6) is 17.2 Å². The van der Waals surface area contributed by atoms with Crippen molar-refractivity contribution in [2.75, 3.05) is 31.5 Å². The number of aromatic nitrogens is 1. The quantitative estimate of drug-likeness (QED) is 0.598. The van der Waals surface area contributed by atoms with Gasteiger partial charge >= 0.3 is 0 Å². The first-order chi connectivity index (χ1) is 14.1. The molecule has 0 atom stereocenters. The first-order valence-electron chi connectivity index (χ1n) is 9.02. The second-order valence-electron chi connectivity index (χ2n) is 6.27. The number of rotatable bonds is 8. The SMILES string of the molecule is COc1ccc(OC)c(Nc2ccc(NC(=O)COc3ccc(C)cc3)cn2)c1. The van der Waals surface area contributed by atoms with Gasteiger partial charge in [0, 0.05) is 6.07 Å². The average Bonchev–Trinajstić information content (AvgIpc) is 2.74. The van der Waals surface area contributed by atoms with Gasteiger partial charge in [-0.05, 0) is 43.3 Å². The van der Waals surface area contributed by atoms with Crippen molar-refractivity contribution < 1.29 is 19.0 Å². The fourth-order valence-corrected chi connectivity index (χ4v) is 2.57. The van der Waals surface area contributed by atoms with E-state index in [2.05, 4.69) is 15.6 Å². The molecular weight excluding hydrogens is 370 g/mol. The van der Waals surface area contributed by atoms with Crippen LogP contribution in [-0.2, 0) is 4.79 Å². The molecule has 0 aliphatic rings. The van der Waals surface area contributed by atoms with E-state index < -0.39 is 0 Å². The molecule has 7 heteroatoms. The predicted octanol–water partition coefficient (Wildman–Crippen LogP) is 4.17. The number of amides is 1. The van der Waals surface area contributed by atoms with Crippen LogP contribution >= 0.6 is 0 Å². The van der Waals surface area contributed by atoms with E-state index in [1.807, 2.05) is 49.4 Å². The predicted molar refractivity (Wildman–Crippen MR) is 112 cm³/mol. The van der Waals surface area contributed by atoms with Crippen LogP contribution in [0.15, 0.2) is 60.8 Å². The van der Waals surface area contributed by atoms with Gasteiger partial charge in [0.25, 0.3) is 5.91 Å². The number of ether oxygens (including phenoxy) is 3.